The van der Waals surface area contributed by atoms with Crippen LogP contribution in [0.1, 0.15) is 54.4 Å². The van der Waals surface area contributed by atoms with Gasteiger partial charge < -0.3 is 13.9 Å². The predicted octanol–water partition coefficient (Wildman–Crippen LogP) is 3.68. The van der Waals surface area contributed by atoms with Gasteiger partial charge in [-0.2, -0.15) is 0 Å². The number of hydrogen-bond donors (Lipinski definition) is 0. The molecule has 0 rings (SSSR count). The van der Waals surface area contributed by atoms with Crippen LogP contribution in [0.5, 0.6) is 0 Å². The lowest BCUT2D eigenvalue weighted by molar-refractivity contribution is -0.128. The van der Waals surface area contributed by atoms with Crippen LogP contribution in [0.4, 0.5) is 0 Å². The van der Waals surface area contributed by atoms with Crippen LogP contribution in [-0.2, 0) is 18.4 Å². The molecule has 0 heterocycles. The molecule has 0 aliphatic heterocycles. The molecule has 0 saturated carbocycles. The van der Waals surface area contributed by atoms with Gasteiger partial charge in [-0.1, -0.05) is 13.8 Å². The fourth-order valence-corrected chi connectivity index (χ4v) is 3.76. The van der Waals surface area contributed by atoms with Crippen molar-refractivity contribution in [2.45, 2.75) is 66.6 Å². The zero-order valence-electron chi connectivity index (χ0n) is 13.7. The Morgan fingerprint density at radius 2 is 1.40 bits per heavy atom. The van der Waals surface area contributed by atoms with Crippen LogP contribution < -0.4 is 0 Å². The maximum atomic E-state index is 12.8. The maximum Gasteiger partial charge on any atom is 0.340 e. The topological polar surface area (TPSA) is 55.8 Å². The third-order valence-electron chi connectivity index (χ3n) is 3.28. The van der Waals surface area contributed by atoms with Crippen molar-refractivity contribution in [1.82, 2.24) is 4.90 Å². The Labute approximate surface area is 123 Å². The van der Waals surface area contributed by atoms with Gasteiger partial charge in [-0.15, -0.1) is 0 Å². The molecule has 0 bridgehead atoms. The highest BCUT2D eigenvalue weighted by Crippen LogP contribution is 2.51. The lowest BCUT2D eigenvalue weighted by Gasteiger charge is -2.26. The van der Waals surface area contributed by atoms with Crippen molar-refractivity contribution in [2.24, 2.45) is 0 Å². The molecule has 0 aromatic carbocycles. The number of nitrogens with zero attached hydrogens (tertiary/aromatic N) is 1. The first-order valence-corrected chi connectivity index (χ1v) is 9.28. The SMILES string of the molecule is CC[C@@H](C)OP(=O)(CC(=O)N(CC)CC)O[C@H](C)CC. The molecule has 1 amide bonds. The Bertz CT molecular complexity index is 315. The number of rotatable bonds is 10. The first-order chi connectivity index (χ1) is 9.31. The van der Waals surface area contributed by atoms with E-state index in [1.807, 2.05) is 41.5 Å². The largest absolute Gasteiger partial charge is 0.343 e. The summed E-state index contributed by atoms with van der Waals surface area (Å²) >= 11 is 0. The smallest absolute Gasteiger partial charge is 0.340 e. The van der Waals surface area contributed by atoms with Crippen molar-refractivity contribution >= 4 is 13.5 Å². The van der Waals surface area contributed by atoms with Crippen LogP contribution in [0.15, 0.2) is 0 Å². The summed E-state index contributed by atoms with van der Waals surface area (Å²) in [5.41, 5.74) is 0. The molecule has 6 heteroatoms. The molecule has 0 aromatic rings. The van der Waals surface area contributed by atoms with Crippen LogP contribution in [0.3, 0.4) is 0 Å². The van der Waals surface area contributed by atoms with Crippen molar-refractivity contribution in [2.75, 3.05) is 19.3 Å². The molecule has 0 N–H and O–H groups in total. The third-order valence-corrected chi connectivity index (χ3v) is 5.30. The van der Waals surface area contributed by atoms with Crippen molar-refractivity contribution < 1.29 is 18.4 Å². The van der Waals surface area contributed by atoms with Crippen molar-refractivity contribution in [3.8, 4) is 0 Å². The predicted molar refractivity (Wildman–Crippen MR) is 82.1 cm³/mol. The number of carbonyl (C=O) groups is 1. The standard InChI is InChI=1S/C14H30NO4P/c1-7-12(5)18-20(17,19-13(6)8-2)11-14(16)15(9-3)10-4/h12-13H,7-11H2,1-6H3/t12-,13-/m1/s1. The van der Waals surface area contributed by atoms with Gasteiger partial charge in [-0.3, -0.25) is 9.36 Å². The maximum absolute atomic E-state index is 12.8. The molecule has 0 saturated heterocycles. The van der Waals surface area contributed by atoms with Crippen molar-refractivity contribution in [3.63, 3.8) is 0 Å². The summed E-state index contributed by atoms with van der Waals surface area (Å²) in [5, 5.41) is 0. The highest BCUT2D eigenvalue weighted by molar-refractivity contribution is 7.54. The Kier molecular flexibility index (Phi) is 9.36. The van der Waals surface area contributed by atoms with E-state index >= 15 is 0 Å². The van der Waals surface area contributed by atoms with Gasteiger partial charge in [0, 0.05) is 13.1 Å². The van der Waals surface area contributed by atoms with E-state index in [2.05, 4.69) is 0 Å². The summed E-state index contributed by atoms with van der Waals surface area (Å²) < 4.78 is 23.9. The second-order valence-corrected chi connectivity index (χ2v) is 6.94. The van der Waals surface area contributed by atoms with Gasteiger partial charge in [0.15, 0.2) is 0 Å². The molecular formula is C14H30NO4P. The number of carbonyl (C=O) groups excluding carboxylic acids is 1. The molecule has 0 fully saturated rings. The van der Waals surface area contributed by atoms with E-state index in [0.717, 1.165) is 12.8 Å². The molecule has 0 aliphatic carbocycles. The van der Waals surface area contributed by atoms with E-state index in [1.165, 1.54) is 0 Å². The lowest BCUT2D eigenvalue weighted by atomic mass is 10.3. The highest BCUT2D eigenvalue weighted by Gasteiger charge is 2.33. The summed E-state index contributed by atoms with van der Waals surface area (Å²) in [7, 11) is -3.39. The molecule has 0 spiro atoms. The molecule has 0 aliphatic rings. The molecule has 0 unspecified atom stereocenters. The van der Waals surface area contributed by atoms with Gasteiger partial charge in [0.2, 0.25) is 5.91 Å². The van der Waals surface area contributed by atoms with E-state index in [-0.39, 0.29) is 24.3 Å². The molecule has 5 nitrogen and oxygen atoms in total. The van der Waals surface area contributed by atoms with Gasteiger partial charge >= 0.3 is 7.60 Å². The fourth-order valence-electron chi connectivity index (χ4n) is 1.64. The van der Waals surface area contributed by atoms with Crippen LogP contribution in [-0.4, -0.2) is 42.3 Å². The quantitative estimate of drug-likeness (QED) is 0.578. The molecule has 0 aromatic heterocycles. The average Bonchev–Trinajstić information content (AvgIpc) is 2.39. The van der Waals surface area contributed by atoms with E-state index in [4.69, 9.17) is 9.05 Å². The first-order valence-electron chi connectivity index (χ1n) is 7.55. The van der Waals surface area contributed by atoms with E-state index in [1.54, 1.807) is 4.90 Å². The third kappa shape index (κ3) is 6.87. The average molecular weight is 307 g/mol. The Morgan fingerprint density at radius 1 is 1.00 bits per heavy atom. The minimum absolute atomic E-state index is 0.176. The molecule has 120 valence electrons. The van der Waals surface area contributed by atoms with Gasteiger partial charge in [0.1, 0.15) is 6.16 Å². The van der Waals surface area contributed by atoms with Crippen LogP contribution >= 0.6 is 7.60 Å². The summed E-state index contributed by atoms with van der Waals surface area (Å²) in [4.78, 5) is 13.8. The summed E-state index contributed by atoms with van der Waals surface area (Å²) in [6.45, 7) is 12.6. The fraction of sp³-hybridized carbons (Fsp3) is 0.929. The second kappa shape index (κ2) is 9.54. The van der Waals surface area contributed by atoms with Crippen molar-refractivity contribution in [1.29, 1.82) is 0 Å². The summed E-state index contributed by atoms with van der Waals surface area (Å²) in [6.07, 6.45) is 0.910. The van der Waals surface area contributed by atoms with E-state index in [9.17, 15) is 9.36 Å². The van der Waals surface area contributed by atoms with Crippen LogP contribution in [0, 0.1) is 0 Å². The van der Waals surface area contributed by atoms with Gasteiger partial charge in [-0.25, -0.2) is 0 Å². The zero-order chi connectivity index (χ0) is 15.8. The Morgan fingerprint density at radius 3 is 1.70 bits per heavy atom. The number of amides is 1. The molecule has 2 atom stereocenters. The van der Waals surface area contributed by atoms with Gasteiger partial charge in [0.05, 0.1) is 12.2 Å². The zero-order valence-corrected chi connectivity index (χ0v) is 14.6. The van der Waals surface area contributed by atoms with E-state index in [0.29, 0.717) is 13.1 Å². The highest BCUT2D eigenvalue weighted by atomic mass is 31.2. The molecular weight excluding hydrogens is 277 g/mol. The summed E-state index contributed by atoms with van der Waals surface area (Å²) in [5.74, 6) is -0.176. The molecule has 0 radical (unpaired) electrons. The number of hydrogen-bond acceptors (Lipinski definition) is 4. The van der Waals surface area contributed by atoms with Gasteiger partial charge in [-0.05, 0) is 40.5 Å². The lowest BCUT2D eigenvalue weighted by Crippen LogP contribution is -2.33. The second-order valence-electron chi connectivity index (χ2n) is 4.98. The van der Waals surface area contributed by atoms with Crippen LogP contribution in [0.25, 0.3) is 0 Å². The van der Waals surface area contributed by atoms with Gasteiger partial charge in [0.25, 0.3) is 0 Å². The minimum atomic E-state index is -3.39. The van der Waals surface area contributed by atoms with Crippen LogP contribution in [0.2, 0.25) is 0 Å². The van der Waals surface area contributed by atoms with Crippen molar-refractivity contribution in [3.05, 3.63) is 0 Å². The summed E-state index contributed by atoms with van der Waals surface area (Å²) in [6, 6.07) is 0. The monoisotopic (exact) mass is 307 g/mol. The Hall–Kier alpha value is -0.380. The normalized spacial score (nSPS) is 14.9. The van der Waals surface area contributed by atoms with E-state index < -0.39 is 7.60 Å². The minimum Gasteiger partial charge on any atom is -0.343 e. The first kappa shape index (κ1) is 19.6. The molecule has 20 heavy (non-hydrogen) atoms. The Balaban J connectivity index is 4.92.